The topological polar surface area (TPSA) is 41.9 Å². The molecule has 1 aliphatic rings. The van der Waals surface area contributed by atoms with Gasteiger partial charge in [-0.3, -0.25) is 9.80 Å². The number of nitrogens with zero attached hydrogens (tertiary/aromatic N) is 2. The molecule has 0 amide bonds. The molecule has 1 heterocycles. The number of carbonyl (C=O) groups excluding carboxylic acids is 1. The van der Waals surface area contributed by atoms with E-state index in [1.807, 2.05) is 20.8 Å². The molecule has 1 aliphatic heterocycles. The first-order valence-electron chi connectivity index (χ1n) is 9.16. The van der Waals surface area contributed by atoms with Crippen molar-refractivity contribution in [3.8, 4) is 5.75 Å². The summed E-state index contributed by atoms with van der Waals surface area (Å²) in [4.78, 5) is 13.0. The predicted octanol–water partition coefficient (Wildman–Crippen LogP) is 6.26. The second-order valence-corrected chi connectivity index (χ2v) is 9.19. The zero-order chi connectivity index (χ0) is 22.1. The van der Waals surface area contributed by atoms with Crippen LogP contribution in [-0.4, -0.2) is 22.9 Å². The monoisotopic (exact) mass is 450 g/mol. The maximum absolute atomic E-state index is 14.2. The molecule has 0 saturated carbocycles. The molecule has 0 unspecified atom stereocenters. The SMILES string of the molecule is COc1ccc(Cl)cc1C(=O)C=C1SC(C(C)(C)C)=NN1Cc1ccc(F)cc1F. The van der Waals surface area contributed by atoms with Gasteiger partial charge in [0.1, 0.15) is 27.5 Å². The van der Waals surface area contributed by atoms with Crippen molar-refractivity contribution in [2.45, 2.75) is 27.3 Å². The highest BCUT2D eigenvalue weighted by Crippen LogP contribution is 2.39. The van der Waals surface area contributed by atoms with Gasteiger partial charge in [0, 0.05) is 28.1 Å². The number of allylic oxidation sites excluding steroid dienone is 1. The maximum atomic E-state index is 14.2. The van der Waals surface area contributed by atoms with Crippen molar-refractivity contribution >= 4 is 34.2 Å². The Hall–Kier alpha value is -2.38. The van der Waals surface area contributed by atoms with Gasteiger partial charge >= 0.3 is 0 Å². The normalized spacial score (nSPS) is 15.5. The number of ketones is 1. The number of thioether (sulfide) groups is 1. The molecule has 3 rings (SSSR count). The first-order valence-corrected chi connectivity index (χ1v) is 10.4. The van der Waals surface area contributed by atoms with E-state index in [0.717, 1.165) is 11.1 Å². The van der Waals surface area contributed by atoms with Gasteiger partial charge in [0.25, 0.3) is 0 Å². The lowest BCUT2D eigenvalue weighted by molar-refractivity contribution is 0.104. The third kappa shape index (κ3) is 5.02. The Labute approximate surface area is 183 Å². The van der Waals surface area contributed by atoms with Gasteiger partial charge in [-0.05, 0) is 24.3 Å². The minimum absolute atomic E-state index is 0.0600. The number of carbonyl (C=O) groups is 1. The molecule has 30 heavy (non-hydrogen) atoms. The van der Waals surface area contributed by atoms with Crippen LogP contribution in [0, 0.1) is 17.0 Å². The molecule has 0 N–H and O–H groups in total. The van der Waals surface area contributed by atoms with E-state index in [2.05, 4.69) is 5.10 Å². The lowest BCUT2D eigenvalue weighted by atomic mass is 9.99. The highest BCUT2D eigenvalue weighted by Gasteiger charge is 2.31. The van der Waals surface area contributed by atoms with E-state index in [1.165, 1.54) is 43.1 Å². The van der Waals surface area contributed by atoms with Gasteiger partial charge in [-0.2, -0.15) is 5.10 Å². The Morgan fingerprint density at radius 1 is 1.23 bits per heavy atom. The van der Waals surface area contributed by atoms with E-state index in [1.54, 1.807) is 17.1 Å². The van der Waals surface area contributed by atoms with Gasteiger partial charge in [-0.25, -0.2) is 8.78 Å². The van der Waals surface area contributed by atoms with Gasteiger partial charge in [0.05, 0.1) is 19.2 Å². The van der Waals surface area contributed by atoms with Crippen molar-refractivity contribution < 1.29 is 18.3 Å². The molecule has 4 nitrogen and oxygen atoms in total. The van der Waals surface area contributed by atoms with Crippen LogP contribution >= 0.6 is 23.4 Å². The van der Waals surface area contributed by atoms with Crippen LogP contribution in [0.3, 0.4) is 0 Å². The summed E-state index contributed by atoms with van der Waals surface area (Å²) in [5.74, 6) is -1.23. The lowest BCUT2D eigenvalue weighted by Crippen LogP contribution is -2.16. The van der Waals surface area contributed by atoms with Crippen LogP contribution in [0.4, 0.5) is 8.78 Å². The van der Waals surface area contributed by atoms with Gasteiger partial charge in [-0.15, -0.1) is 0 Å². The Kier molecular flexibility index (Phi) is 6.53. The van der Waals surface area contributed by atoms with E-state index in [0.29, 0.717) is 21.4 Å². The number of methoxy groups -OCH3 is 1. The smallest absolute Gasteiger partial charge is 0.192 e. The standard InChI is InChI=1S/C22H21ClF2N2O2S/c1-22(2,3)21-26-27(12-13-5-7-15(24)10-17(13)25)20(30-21)11-18(28)16-9-14(23)6-8-19(16)29-4/h5-11H,12H2,1-4H3. The molecular formula is C22H21ClF2N2O2S. The van der Waals surface area contributed by atoms with Crippen molar-refractivity contribution in [3.63, 3.8) is 0 Å². The molecule has 0 bridgehead atoms. The van der Waals surface area contributed by atoms with E-state index in [-0.39, 0.29) is 23.3 Å². The molecule has 2 aromatic carbocycles. The highest BCUT2D eigenvalue weighted by atomic mass is 35.5. The summed E-state index contributed by atoms with van der Waals surface area (Å²) >= 11 is 7.39. The Balaban J connectivity index is 1.97. The number of ether oxygens (including phenoxy) is 1. The van der Waals surface area contributed by atoms with Gasteiger partial charge < -0.3 is 4.74 Å². The zero-order valence-corrected chi connectivity index (χ0v) is 18.6. The largest absolute Gasteiger partial charge is 0.496 e. The summed E-state index contributed by atoms with van der Waals surface area (Å²) in [5.41, 5.74) is 0.321. The van der Waals surface area contributed by atoms with Crippen LogP contribution in [-0.2, 0) is 6.54 Å². The minimum atomic E-state index is -0.665. The van der Waals surface area contributed by atoms with Crippen molar-refractivity contribution in [2.24, 2.45) is 10.5 Å². The van der Waals surface area contributed by atoms with Crippen molar-refractivity contribution in [1.82, 2.24) is 5.01 Å². The number of rotatable bonds is 5. The third-order valence-electron chi connectivity index (χ3n) is 4.33. The second kappa shape index (κ2) is 8.78. The zero-order valence-electron chi connectivity index (χ0n) is 17.0. The van der Waals surface area contributed by atoms with Crippen LogP contribution in [0.5, 0.6) is 5.75 Å². The first kappa shape index (κ1) is 22.3. The fourth-order valence-electron chi connectivity index (χ4n) is 2.73. The molecule has 0 atom stereocenters. The summed E-state index contributed by atoms with van der Waals surface area (Å²) in [6.07, 6.45) is 1.43. The van der Waals surface area contributed by atoms with Gasteiger partial charge in [-0.1, -0.05) is 50.2 Å². The van der Waals surface area contributed by atoms with E-state index in [4.69, 9.17) is 16.3 Å². The Morgan fingerprint density at radius 2 is 1.97 bits per heavy atom. The fourth-order valence-corrected chi connectivity index (χ4v) is 3.92. The quantitative estimate of drug-likeness (QED) is 0.398. The number of hydrogen-bond donors (Lipinski definition) is 0. The lowest BCUT2D eigenvalue weighted by Gasteiger charge is -2.16. The molecule has 0 radical (unpaired) electrons. The number of benzene rings is 2. The maximum Gasteiger partial charge on any atom is 0.192 e. The molecule has 0 aliphatic carbocycles. The van der Waals surface area contributed by atoms with Crippen molar-refractivity contribution in [2.75, 3.05) is 7.11 Å². The van der Waals surface area contributed by atoms with Gasteiger partial charge in [0.15, 0.2) is 5.78 Å². The molecule has 0 saturated heterocycles. The van der Waals surface area contributed by atoms with E-state index in [9.17, 15) is 13.6 Å². The van der Waals surface area contributed by atoms with Crippen LogP contribution < -0.4 is 4.74 Å². The molecule has 0 fully saturated rings. The second-order valence-electron chi connectivity index (χ2n) is 7.74. The van der Waals surface area contributed by atoms with E-state index >= 15 is 0 Å². The summed E-state index contributed by atoms with van der Waals surface area (Å²) in [7, 11) is 1.47. The molecular weight excluding hydrogens is 430 g/mol. The number of halogens is 3. The van der Waals surface area contributed by atoms with Crippen molar-refractivity contribution in [3.05, 3.63) is 75.3 Å². The average molecular weight is 451 g/mol. The highest BCUT2D eigenvalue weighted by molar-refractivity contribution is 8.17. The number of hydrazone groups is 1. The fraction of sp³-hybridized carbons (Fsp3) is 0.273. The summed E-state index contributed by atoms with van der Waals surface area (Å²) in [6.45, 7) is 6.06. The van der Waals surface area contributed by atoms with Crippen LogP contribution in [0.2, 0.25) is 5.02 Å². The molecule has 2 aromatic rings. The Morgan fingerprint density at radius 3 is 2.60 bits per heavy atom. The van der Waals surface area contributed by atoms with Gasteiger partial charge in [0.2, 0.25) is 0 Å². The third-order valence-corrected chi connectivity index (χ3v) is 5.99. The predicted molar refractivity (Wildman–Crippen MR) is 117 cm³/mol. The summed E-state index contributed by atoms with van der Waals surface area (Å²) in [6, 6.07) is 8.20. The average Bonchev–Trinajstić information content (AvgIpc) is 3.07. The molecule has 158 valence electrons. The van der Waals surface area contributed by atoms with Crippen LogP contribution in [0.1, 0.15) is 36.7 Å². The minimum Gasteiger partial charge on any atom is -0.496 e. The first-order chi connectivity index (χ1) is 14.1. The Bertz CT molecular complexity index is 1050. The number of hydrogen-bond acceptors (Lipinski definition) is 5. The molecule has 0 aromatic heterocycles. The molecule has 8 heteroatoms. The summed E-state index contributed by atoms with van der Waals surface area (Å²) in [5, 5.41) is 7.86. The van der Waals surface area contributed by atoms with Crippen LogP contribution in [0.15, 0.2) is 52.6 Å². The summed E-state index contributed by atoms with van der Waals surface area (Å²) < 4.78 is 32.7. The van der Waals surface area contributed by atoms with Crippen molar-refractivity contribution in [1.29, 1.82) is 0 Å². The van der Waals surface area contributed by atoms with Crippen LogP contribution in [0.25, 0.3) is 0 Å². The van der Waals surface area contributed by atoms with E-state index < -0.39 is 11.6 Å². The molecule has 0 spiro atoms.